The lowest BCUT2D eigenvalue weighted by atomic mass is 10.2. The van der Waals surface area contributed by atoms with Gasteiger partial charge in [0.2, 0.25) is 19.7 Å². The highest BCUT2D eigenvalue weighted by Gasteiger charge is 2.24. The highest BCUT2D eigenvalue weighted by atomic mass is 32.2. The molecule has 0 atom stereocenters. The molecule has 0 bridgehead atoms. The molecule has 0 radical (unpaired) electrons. The van der Waals surface area contributed by atoms with E-state index in [0.29, 0.717) is 9.79 Å². The van der Waals surface area contributed by atoms with Crippen LogP contribution in [-0.2, 0) is 19.7 Å². The van der Waals surface area contributed by atoms with Crippen LogP contribution in [0.3, 0.4) is 0 Å². The summed E-state index contributed by atoms with van der Waals surface area (Å²) >= 11 is 0. The van der Waals surface area contributed by atoms with Crippen LogP contribution in [0.1, 0.15) is 0 Å². The number of aromatic amines is 2. The molecule has 0 aliphatic carbocycles. The SMILES string of the molecule is CN1CCN(c2cccc3[nH]c(S(=O)(=O)c4ccccc4)cc23)CC1.O=S(=O)(c1ccccc1)c1cc2c(N3CCNCC3)cccc2[nH]1. The Hall–Kier alpha value is -4.62. The third-order valence-corrected chi connectivity index (χ3v) is 12.6. The maximum Gasteiger partial charge on any atom is 0.221 e. The standard InChI is InChI=1S/C19H21N3O2S.C18H19N3O2S/c1-21-10-12-22(13-11-21)18-9-5-8-17-16(18)14-19(20-17)25(23,24)15-6-3-2-4-7-15;22-24(23,14-5-2-1-3-6-14)18-13-15-16(20-18)7-4-8-17(15)21-11-9-19-10-12-21/h2-9,14,20H,10-13H2,1H3;1-8,13,19-20H,9-12H2. The predicted octanol–water partition coefficient (Wildman–Crippen LogP) is 5.16. The molecule has 49 heavy (non-hydrogen) atoms. The number of H-pyrrole nitrogens is 2. The van der Waals surface area contributed by atoms with Crippen molar-refractivity contribution >= 4 is 52.9 Å². The molecule has 2 fully saturated rings. The number of piperazine rings is 2. The van der Waals surface area contributed by atoms with Crippen molar-refractivity contribution in [1.29, 1.82) is 0 Å². The first-order chi connectivity index (χ1) is 23.7. The van der Waals surface area contributed by atoms with Gasteiger partial charge in [-0.05, 0) is 67.7 Å². The first-order valence-corrected chi connectivity index (χ1v) is 19.4. The average Bonchev–Trinajstić information content (AvgIpc) is 3.80. The first-order valence-electron chi connectivity index (χ1n) is 16.4. The Labute approximate surface area is 287 Å². The zero-order valence-electron chi connectivity index (χ0n) is 27.3. The summed E-state index contributed by atoms with van der Waals surface area (Å²) in [6.45, 7) is 7.64. The molecule has 254 valence electrons. The number of nitrogens with one attached hydrogen (secondary N) is 3. The van der Waals surface area contributed by atoms with Crippen LogP contribution >= 0.6 is 0 Å². The summed E-state index contributed by atoms with van der Waals surface area (Å²) in [6, 6.07) is 32.5. The Balaban J connectivity index is 0.000000154. The van der Waals surface area contributed by atoms with Crippen molar-refractivity contribution in [1.82, 2.24) is 20.2 Å². The van der Waals surface area contributed by atoms with Crippen molar-refractivity contribution in [3.63, 3.8) is 0 Å². The fourth-order valence-electron chi connectivity index (χ4n) is 6.47. The Kier molecular flexibility index (Phi) is 9.21. The molecule has 6 aromatic rings. The van der Waals surface area contributed by atoms with Gasteiger partial charge in [-0.1, -0.05) is 48.5 Å². The van der Waals surface area contributed by atoms with Crippen LogP contribution in [0.15, 0.2) is 129 Å². The minimum Gasteiger partial charge on any atom is -0.368 e. The van der Waals surface area contributed by atoms with E-state index < -0.39 is 19.7 Å². The number of hydrogen-bond acceptors (Lipinski definition) is 8. The molecular weight excluding hydrogens is 657 g/mol. The number of likely N-dealkylation sites (N-methyl/N-ethyl adjacent to an activating group) is 1. The van der Waals surface area contributed by atoms with Crippen molar-refractivity contribution in [3.05, 3.63) is 109 Å². The molecule has 4 heterocycles. The second kappa shape index (κ2) is 13.7. The summed E-state index contributed by atoms with van der Waals surface area (Å²) in [7, 11) is -4.95. The van der Waals surface area contributed by atoms with Crippen LogP contribution in [0.5, 0.6) is 0 Å². The van der Waals surface area contributed by atoms with E-state index in [4.69, 9.17) is 0 Å². The maximum absolute atomic E-state index is 12.9. The smallest absolute Gasteiger partial charge is 0.221 e. The molecule has 0 saturated carbocycles. The van der Waals surface area contributed by atoms with E-state index in [1.54, 1.807) is 60.7 Å². The molecule has 0 unspecified atom stereocenters. The third kappa shape index (κ3) is 6.69. The highest BCUT2D eigenvalue weighted by Crippen LogP contribution is 2.33. The van der Waals surface area contributed by atoms with E-state index in [2.05, 4.69) is 49.2 Å². The summed E-state index contributed by atoms with van der Waals surface area (Å²) in [5.74, 6) is 0. The van der Waals surface area contributed by atoms with Gasteiger partial charge in [0.15, 0.2) is 0 Å². The van der Waals surface area contributed by atoms with Gasteiger partial charge in [-0.3, -0.25) is 0 Å². The molecule has 10 nitrogen and oxygen atoms in total. The Morgan fingerprint density at radius 2 is 0.939 bits per heavy atom. The minimum atomic E-state index is -3.54. The second-order valence-corrected chi connectivity index (χ2v) is 16.2. The Morgan fingerprint density at radius 3 is 1.39 bits per heavy atom. The summed E-state index contributed by atoms with van der Waals surface area (Å²) in [6.07, 6.45) is 0. The van der Waals surface area contributed by atoms with Crippen LogP contribution in [0.25, 0.3) is 21.8 Å². The van der Waals surface area contributed by atoms with Crippen LogP contribution in [-0.4, -0.2) is 91.1 Å². The van der Waals surface area contributed by atoms with Gasteiger partial charge in [-0.15, -0.1) is 0 Å². The number of sulfone groups is 2. The Bertz CT molecular complexity index is 2270. The fourth-order valence-corrected chi connectivity index (χ4v) is 9.05. The second-order valence-electron chi connectivity index (χ2n) is 12.4. The average molecular weight is 697 g/mol. The lowest BCUT2D eigenvalue weighted by Gasteiger charge is -2.34. The molecular formula is C37H40N6O4S2. The minimum absolute atomic E-state index is 0.242. The Morgan fingerprint density at radius 1 is 0.510 bits per heavy atom. The zero-order chi connectivity index (χ0) is 34.0. The molecule has 12 heteroatoms. The number of rotatable bonds is 6. The van der Waals surface area contributed by atoms with E-state index >= 15 is 0 Å². The molecule has 2 aromatic heterocycles. The number of aromatic nitrogens is 2. The van der Waals surface area contributed by atoms with Gasteiger partial charge in [-0.2, -0.15) is 0 Å². The predicted molar refractivity (Wildman–Crippen MR) is 195 cm³/mol. The van der Waals surface area contributed by atoms with Gasteiger partial charge in [0.25, 0.3) is 0 Å². The van der Waals surface area contributed by atoms with Gasteiger partial charge in [0.05, 0.1) is 9.79 Å². The van der Waals surface area contributed by atoms with Gasteiger partial charge < -0.3 is 30.0 Å². The summed E-state index contributed by atoms with van der Waals surface area (Å²) in [5, 5.41) is 5.74. The topological polar surface area (TPSA) is 122 Å². The molecule has 0 amide bonds. The molecule has 2 saturated heterocycles. The lowest BCUT2D eigenvalue weighted by Crippen LogP contribution is -2.44. The molecule has 4 aromatic carbocycles. The molecule has 0 spiro atoms. The van der Waals surface area contributed by atoms with Crippen LogP contribution < -0.4 is 15.1 Å². The van der Waals surface area contributed by atoms with Gasteiger partial charge in [0.1, 0.15) is 10.1 Å². The monoisotopic (exact) mass is 696 g/mol. The van der Waals surface area contributed by atoms with E-state index in [0.717, 1.165) is 85.5 Å². The van der Waals surface area contributed by atoms with E-state index in [1.807, 2.05) is 36.4 Å². The largest absolute Gasteiger partial charge is 0.368 e. The van der Waals surface area contributed by atoms with Crippen molar-refractivity contribution in [3.8, 4) is 0 Å². The summed E-state index contributed by atoms with van der Waals surface area (Å²) in [5.41, 5.74) is 3.88. The lowest BCUT2D eigenvalue weighted by molar-refractivity contribution is 0.313. The van der Waals surface area contributed by atoms with E-state index in [9.17, 15) is 16.8 Å². The number of benzene rings is 4. The van der Waals surface area contributed by atoms with E-state index in [1.165, 1.54) is 0 Å². The summed E-state index contributed by atoms with van der Waals surface area (Å²) < 4.78 is 51.4. The van der Waals surface area contributed by atoms with E-state index in [-0.39, 0.29) is 10.1 Å². The molecule has 2 aliphatic heterocycles. The van der Waals surface area contributed by atoms with Crippen molar-refractivity contribution in [2.45, 2.75) is 19.8 Å². The highest BCUT2D eigenvalue weighted by molar-refractivity contribution is 7.91. The van der Waals surface area contributed by atoms with Gasteiger partial charge >= 0.3 is 0 Å². The van der Waals surface area contributed by atoms with Gasteiger partial charge in [-0.25, -0.2) is 16.8 Å². The van der Waals surface area contributed by atoms with Crippen molar-refractivity contribution < 1.29 is 16.8 Å². The molecule has 8 rings (SSSR count). The van der Waals surface area contributed by atoms with Crippen molar-refractivity contribution in [2.24, 2.45) is 0 Å². The fraction of sp³-hybridized carbons (Fsp3) is 0.243. The van der Waals surface area contributed by atoms with Gasteiger partial charge in [0, 0.05) is 85.5 Å². The number of hydrogen-bond donors (Lipinski definition) is 3. The number of anilines is 2. The normalized spacial score (nSPS) is 16.1. The first kappa shape index (κ1) is 32.9. The summed E-state index contributed by atoms with van der Waals surface area (Å²) in [4.78, 5) is 13.7. The van der Waals surface area contributed by atoms with Crippen LogP contribution in [0.2, 0.25) is 0 Å². The van der Waals surface area contributed by atoms with Crippen LogP contribution in [0.4, 0.5) is 11.4 Å². The zero-order valence-corrected chi connectivity index (χ0v) is 29.0. The maximum atomic E-state index is 12.9. The third-order valence-electron chi connectivity index (χ3n) is 9.22. The van der Waals surface area contributed by atoms with Crippen LogP contribution in [0, 0.1) is 0 Å². The number of fused-ring (bicyclic) bond motifs is 2. The molecule has 2 aliphatic rings. The number of nitrogens with zero attached hydrogens (tertiary/aromatic N) is 3. The molecule has 3 N–H and O–H groups in total. The quantitative estimate of drug-likeness (QED) is 0.219. The van der Waals surface area contributed by atoms with Crippen molar-refractivity contribution in [2.75, 3.05) is 69.2 Å².